The van der Waals surface area contributed by atoms with Crippen LogP contribution in [-0.2, 0) is 4.79 Å². The lowest BCUT2D eigenvalue weighted by Gasteiger charge is -2.47. The van der Waals surface area contributed by atoms with Gasteiger partial charge in [0, 0.05) is 10.7 Å². The molecule has 4 rings (SSSR count). The van der Waals surface area contributed by atoms with Gasteiger partial charge in [-0.05, 0) is 47.5 Å². The van der Waals surface area contributed by atoms with E-state index >= 15 is 0 Å². The van der Waals surface area contributed by atoms with Crippen LogP contribution in [0.3, 0.4) is 0 Å². The standard InChI is InChI=1S/C21H15ClFNO/c22-16-8-12-18(13-9-16)24-20(15-6-10-17(23)11-7-15)19(21(24)25)14-4-2-1-3-5-14/h1-13,19-20H. The van der Waals surface area contributed by atoms with Crippen molar-refractivity contribution in [2.45, 2.75) is 12.0 Å². The van der Waals surface area contributed by atoms with Crippen molar-refractivity contribution in [3.8, 4) is 0 Å². The Labute approximate surface area is 150 Å². The van der Waals surface area contributed by atoms with Crippen molar-refractivity contribution in [1.82, 2.24) is 0 Å². The zero-order valence-electron chi connectivity index (χ0n) is 13.3. The van der Waals surface area contributed by atoms with Crippen molar-refractivity contribution in [2.24, 2.45) is 0 Å². The number of rotatable bonds is 3. The van der Waals surface area contributed by atoms with E-state index in [-0.39, 0.29) is 23.7 Å². The van der Waals surface area contributed by atoms with Crippen molar-refractivity contribution in [3.63, 3.8) is 0 Å². The van der Waals surface area contributed by atoms with Crippen LogP contribution in [0.1, 0.15) is 23.1 Å². The van der Waals surface area contributed by atoms with Crippen LogP contribution in [0.15, 0.2) is 78.9 Å². The summed E-state index contributed by atoms with van der Waals surface area (Å²) in [5, 5.41) is 0.620. The molecule has 1 amide bonds. The molecule has 0 aliphatic carbocycles. The molecule has 1 heterocycles. The van der Waals surface area contributed by atoms with Crippen molar-refractivity contribution in [2.75, 3.05) is 4.90 Å². The van der Waals surface area contributed by atoms with E-state index < -0.39 is 0 Å². The molecule has 1 saturated heterocycles. The molecule has 4 heteroatoms. The van der Waals surface area contributed by atoms with Gasteiger partial charge in [-0.2, -0.15) is 0 Å². The number of β-lactam (4-membered cyclic amide) rings is 1. The fraction of sp³-hybridized carbons (Fsp3) is 0.0952. The summed E-state index contributed by atoms with van der Waals surface area (Å²) < 4.78 is 13.3. The third-order valence-electron chi connectivity index (χ3n) is 4.57. The van der Waals surface area contributed by atoms with Gasteiger partial charge in [0.2, 0.25) is 5.91 Å². The first-order valence-corrected chi connectivity index (χ1v) is 8.42. The Bertz CT molecular complexity index is 893. The summed E-state index contributed by atoms with van der Waals surface area (Å²) in [4.78, 5) is 14.7. The average molecular weight is 352 g/mol. The van der Waals surface area contributed by atoms with Gasteiger partial charge in [-0.15, -0.1) is 0 Å². The molecule has 2 atom stereocenters. The minimum atomic E-state index is -0.288. The van der Waals surface area contributed by atoms with Crippen LogP contribution in [-0.4, -0.2) is 5.91 Å². The number of carbonyl (C=O) groups is 1. The first-order valence-electron chi connectivity index (χ1n) is 8.04. The average Bonchev–Trinajstić information content (AvgIpc) is 2.63. The topological polar surface area (TPSA) is 20.3 Å². The minimum absolute atomic E-state index is 0.0304. The molecule has 2 nitrogen and oxygen atoms in total. The normalized spacial score (nSPS) is 19.6. The Balaban J connectivity index is 1.77. The summed E-state index contributed by atoms with van der Waals surface area (Å²) in [6.07, 6.45) is 0. The van der Waals surface area contributed by atoms with Crippen molar-refractivity contribution >= 4 is 23.2 Å². The molecule has 0 saturated carbocycles. The lowest BCUT2D eigenvalue weighted by Crippen LogP contribution is -2.53. The first kappa shape index (κ1) is 15.9. The second kappa shape index (κ2) is 6.34. The van der Waals surface area contributed by atoms with E-state index in [1.165, 1.54) is 12.1 Å². The second-order valence-corrected chi connectivity index (χ2v) is 6.51. The molecule has 0 spiro atoms. The number of anilines is 1. The van der Waals surface area contributed by atoms with Crippen LogP contribution >= 0.6 is 11.6 Å². The number of nitrogens with zero attached hydrogens (tertiary/aromatic N) is 1. The third kappa shape index (κ3) is 2.81. The minimum Gasteiger partial charge on any atom is -0.303 e. The zero-order chi connectivity index (χ0) is 17.4. The molecule has 3 aromatic rings. The van der Waals surface area contributed by atoms with Gasteiger partial charge < -0.3 is 4.90 Å². The molecule has 0 N–H and O–H groups in total. The second-order valence-electron chi connectivity index (χ2n) is 6.07. The molecule has 124 valence electrons. The molecular formula is C21H15ClFNO. The van der Waals surface area contributed by atoms with Gasteiger partial charge in [-0.25, -0.2) is 4.39 Å². The number of amides is 1. The van der Waals surface area contributed by atoms with Crippen LogP contribution in [0.2, 0.25) is 5.02 Å². The van der Waals surface area contributed by atoms with E-state index in [1.54, 1.807) is 29.2 Å². The highest BCUT2D eigenvalue weighted by molar-refractivity contribution is 6.30. The predicted molar refractivity (Wildman–Crippen MR) is 97.3 cm³/mol. The highest BCUT2D eigenvalue weighted by Gasteiger charge is 2.49. The van der Waals surface area contributed by atoms with Gasteiger partial charge >= 0.3 is 0 Å². The molecule has 3 aromatic carbocycles. The number of carbonyl (C=O) groups excluding carboxylic acids is 1. The van der Waals surface area contributed by atoms with E-state index in [0.29, 0.717) is 5.02 Å². The number of hydrogen-bond acceptors (Lipinski definition) is 1. The molecular weight excluding hydrogens is 337 g/mol. The van der Waals surface area contributed by atoms with E-state index in [2.05, 4.69) is 0 Å². The quantitative estimate of drug-likeness (QED) is 0.582. The smallest absolute Gasteiger partial charge is 0.237 e. The number of benzene rings is 3. The van der Waals surface area contributed by atoms with Crippen LogP contribution in [0.25, 0.3) is 0 Å². The van der Waals surface area contributed by atoms with E-state index in [4.69, 9.17) is 11.6 Å². The SMILES string of the molecule is O=C1C(c2ccccc2)C(c2ccc(F)cc2)N1c1ccc(Cl)cc1. The Morgan fingerprint density at radius 3 is 2.08 bits per heavy atom. The summed E-state index contributed by atoms with van der Waals surface area (Å²) >= 11 is 5.96. The predicted octanol–water partition coefficient (Wildman–Crippen LogP) is 5.35. The summed E-state index contributed by atoms with van der Waals surface area (Å²) in [5.74, 6) is -0.533. The fourth-order valence-electron chi connectivity index (χ4n) is 3.37. The summed E-state index contributed by atoms with van der Waals surface area (Å²) in [6.45, 7) is 0. The highest BCUT2D eigenvalue weighted by atomic mass is 35.5. The number of hydrogen-bond donors (Lipinski definition) is 0. The van der Waals surface area contributed by atoms with Gasteiger partial charge in [-0.3, -0.25) is 4.79 Å². The Hall–Kier alpha value is -2.65. The summed E-state index contributed by atoms with van der Waals surface area (Å²) in [6, 6.07) is 23.1. The Kier molecular flexibility index (Phi) is 4.02. The van der Waals surface area contributed by atoms with E-state index in [9.17, 15) is 9.18 Å². The van der Waals surface area contributed by atoms with Crippen LogP contribution < -0.4 is 4.90 Å². The van der Waals surface area contributed by atoms with Gasteiger partial charge in [0.25, 0.3) is 0 Å². The van der Waals surface area contributed by atoms with E-state index in [1.807, 2.05) is 42.5 Å². The van der Waals surface area contributed by atoms with Crippen molar-refractivity contribution < 1.29 is 9.18 Å². The van der Waals surface area contributed by atoms with Gasteiger partial charge in [0.15, 0.2) is 0 Å². The monoisotopic (exact) mass is 351 g/mol. The van der Waals surface area contributed by atoms with Crippen molar-refractivity contribution in [3.05, 3.63) is 101 Å². The van der Waals surface area contributed by atoms with Gasteiger partial charge in [0.05, 0.1) is 12.0 Å². The third-order valence-corrected chi connectivity index (χ3v) is 4.82. The number of halogens is 2. The molecule has 1 aliphatic heterocycles. The lowest BCUT2D eigenvalue weighted by molar-refractivity contribution is -0.126. The van der Waals surface area contributed by atoms with Crippen LogP contribution in [0.4, 0.5) is 10.1 Å². The molecule has 1 fully saturated rings. The van der Waals surface area contributed by atoms with Crippen LogP contribution in [0, 0.1) is 5.82 Å². The summed E-state index contributed by atoms with van der Waals surface area (Å²) in [5.41, 5.74) is 2.66. The fourth-order valence-corrected chi connectivity index (χ4v) is 3.49. The van der Waals surface area contributed by atoms with Crippen molar-refractivity contribution in [1.29, 1.82) is 0 Å². The largest absolute Gasteiger partial charge is 0.303 e. The maximum Gasteiger partial charge on any atom is 0.237 e. The molecule has 0 aromatic heterocycles. The Morgan fingerprint density at radius 1 is 0.800 bits per heavy atom. The molecule has 1 aliphatic rings. The van der Waals surface area contributed by atoms with Gasteiger partial charge in [0.1, 0.15) is 5.82 Å². The Morgan fingerprint density at radius 2 is 1.44 bits per heavy atom. The van der Waals surface area contributed by atoms with E-state index in [0.717, 1.165) is 16.8 Å². The maximum absolute atomic E-state index is 13.3. The summed E-state index contributed by atoms with van der Waals surface area (Å²) in [7, 11) is 0. The first-order chi connectivity index (χ1) is 12.1. The van der Waals surface area contributed by atoms with Gasteiger partial charge in [-0.1, -0.05) is 54.1 Å². The lowest BCUT2D eigenvalue weighted by atomic mass is 9.77. The van der Waals surface area contributed by atoms with Crippen LogP contribution in [0.5, 0.6) is 0 Å². The molecule has 25 heavy (non-hydrogen) atoms. The molecule has 0 bridgehead atoms. The maximum atomic E-state index is 13.3. The zero-order valence-corrected chi connectivity index (χ0v) is 14.0. The molecule has 2 unspecified atom stereocenters. The highest BCUT2D eigenvalue weighted by Crippen LogP contribution is 2.48. The molecule has 0 radical (unpaired) electrons.